The lowest BCUT2D eigenvalue weighted by molar-refractivity contribution is -0.122. The first-order valence-corrected chi connectivity index (χ1v) is 12.8. The minimum Gasteiger partial charge on any atom is -0.486 e. The first kappa shape index (κ1) is 25.1. The number of imide groups is 1. The van der Waals surface area contributed by atoms with Crippen LogP contribution in [0.15, 0.2) is 76.1 Å². The van der Waals surface area contributed by atoms with Crippen LogP contribution in [0.3, 0.4) is 0 Å². The van der Waals surface area contributed by atoms with Crippen LogP contribution >= 0.6 is 39.3 Å². The van der Waals surface area contributed by atoms with Gasteiger partial charge in [0.05, 0.1) is 26.0 Å². The predicted octanol–water partition coefficient (Wildman–Crippen LogP) is 7.22. The molecule has 1 fully saturated rings. The van der Waals surface area contributed by atoms with Crippen LogP contribution in [0.5, 0.6) is 5.75 Å². The number of carbonyl (C=O) groups is 2. The molecule has 2 amide bonds. The van der Waals surface area contributed by atoms with Gasteiger partial charge in [0.2, 0.25) is 0 Å². The average Bonchev–Trinajstić information content (AvgIpc) is 3.11. The molecule has 3 aromatic carbocycles. The molecule has 0 atom stereocenters. The van der Waals surface area contributed by atoms with E-state index in [2.05, 4.69) is 22.0 Å². The number of carbonyl (C=O) groups excluding carboxylic acids is 2. The van der Waals surface area contributed by atoms with Crippen molar-refractivity contribution in [2.24, 2.45) is 0 Å². The predicted molar refractivity (Wildman–Crippen MR) is 142 cm³/mol. The third-order valence-electron chi connectivity index (χ3n) is 5.39. The van der Waals surface area contributed by atoms with Crippen LogP contribution in [-0.4, -0.2) is 22.6 Å². The number of hydrogen-bond donors (Lipinski definition) is 0. The summed E-state index contributed by atoms with van der Waals surface area (Å²) in [5.41, 5.74) is 3.13. The van der Waals surface area contributed by atoms with Gasteiger partial charge in [-0.3, -0.25) is 14.5 Å². The molecule has 0 N–H and O–H groups in total. The zero-order chi connectivity index (χ0) is 24.8. The molecule has 5 nitrogen and oxygen atoms in total. The lowest BCUT2D eigenvalue weighted by Gasteiger charge is -2.13. The highest BCUT2D eigenvalue weighted by Crippen LogP contribution is 2.38. The van der Waals surface area contributed by atoms with Crippen LogP contribution < -0.4 is 4.74 Å². The van der Waals surface area contributed by atoms with Crippen molar-refractivity contribution in [3.8, 4) is 11.8 Å². The second kappa shape index (κ2) is 11.6. The van der Waals surface area contributed by atoms with Crippen LogP contribution in [0.4, 0.5) is 4.79 Å². The van der Waals surface area contributed by atoms with E-state index in [4.69, 9.17) is 16.3 Å². The molecule has 0 aromatic heterocycles. The van der Waals surface area contributed by atoms with Gasteiger partial charge in [-0.1, -0.05) is 60.1 Å². The van der Waals surface area contributed by atoms with E-state index in [0.717, 1.165) is 23.7 Å². The Bertz CT molecular complexity index is 1310. The fraction of sp³-hybridized carbons (Fsp3) is 0.148. The van der Waals surface area contributed by atoms with Crippen molar-refractivity contribution in [2.45, 2.75) is 19.4 Å². The topological polar surface area (TPSA) is 70.4 Å². The van der Waals surface area contributed by atoms with E-state index in [-0.39, 0.29) is 17.8 Å². The zero-order valence-electron chi connectivity index (χ0n) is 18.5. The van der Waals surface area contributed by atoms with E-state index in [1.807, 2.05) is 42.5 Å². The van der Waals surface area contributed by atoms with Crippen molar-refractivity contribution in [1.29, 1.82) is 5.26 Å². The zero-order valence-corrected chi connectivity index (χ0v) is 21.7. The number of thioether (sulfide) groups is 1. The molecule has 0 saturated carbocycles. The Balaban J connectivity index is 1.43. The Labute approximate surface area is 221 Å². The van der Waals surface area contributed by atoms with E-state index >= 15 is 0 Å². The number of nitriles is 1. The highest BCUT2D eigenvalue weighted by atomic mass is 79.9. The van der Waals surface area contributed by atoms with Gasteiger partial charge >= 0.3 is 0 Å². The minimum atomic E-state index is -0.297. The molecule has 176 valence electrons. The molecule has 0 spiro atoms. The van der Waals surface area contributed by atoms with Crippen LogP contribution in [0.1, 0.15) is 28.7 Å². The maximum absolute atomic E-state index is 12.8. The van der Waals surface area contributed by atoms with Gasteiger partial charge in [0, 0.05) is 12.1 Å². The summed E-state index contributed by atoms with van der Waals surface area (Å²) in [6.07, 6.45) is 3.16. The number of nitrogens with zero attached hydrogens (tertiary/aromatic N) is 2. The Morgan fingerprint density at radius 3 is 2.57 bits per heavy atom. The van der Waals surface area contributed by atoms with E-state index in [0.29, 0.717) is 44.2 Å². The van der Waals surface area contributed by atoms with Gasteiger partial charge in [0.1, 0.15) is 6.61 Å². The summed E-state index contributed by atoms with van der Waals surface area (Å²) in [6.45, 7) is 0.557. The minimum absolute atomic E-state index is 0.184. The van der Waals surface area contributed by atoms with E-state index in [9.17, 15) is 14.9 Å². The molecular weight excluding hydrogens is 548 g/mol. The number of rotatable bonds is 8. The van der Waals surface area contributed by atoms with Gasteiger partial charge < -0.3 is 4.74 Å². The molecule has 1 saturated heterocycles. The van der Waals surface area contributed by atoms with Crippen molar-refractivity contribution >= 4 is 56.5 Å². The fourth-order valence-corrected chi connectivity index (χ4v) is 5.49. The lowest BCUT2D eigenvalue weighted by atomic mass is 10.1. The van der Waals surface area contributed by atoms with Crippen LogP contribution in [0.2, 0.25) is 5.02 Å². The molecule has 8 heteroatoms. The van der Waals surface area contributed by atoms with Crippen LogP contribution in [0.25, 0.3) is 6.08 Å². The molecule has 1 aliphatic heterocycles. The Morgan fingerprint density at radius 1 is 1.09 bits per heavy atom. The van der Waals surface area contributed by atoms with Crippen molar-refractivity contribution in [3.05, 3.63) is 103 Å². The van der Waals surface area contributed by atoms with Gasteiger partial charge in [-0.25, -0.2) is 0 Å². The smallest absolute Gasteiger partial charge is 0.293 e. The second-order valence-corrected chi connectivity index (χ2v) is 10.0. The Morgan fingerprint density at radius 2 is 1.83 bits per heavy atom. The summed E-state index contributed by atoms with van der Waals surface area (Å²) in [7, 11) is 0. The first-order chi connectivity index (χ1) is 17.0. The summed E-state index contributed by atoms with van der Waals surface area (Å²) in [4.78, 5) is 26.9. The summed E-state index contributed by atoms with van der Waals surface area (Å²) in [5.74, 6) is 0.138. The Kier molecular flexibility index (Phi) is 8.29. The first-order valence-electron chi connectivity index (χ1n) is 10.9. The fourth-order valence-electron chi connectivity index (χ4n) is 3.64. The third-order valence-corrected chi connectivity index (χ3v) is 7.17. The molecule has 0 radical (unpaired) electrons. The molecule has 1 aliphatic rings. The highest BCUT2D eigenvalue weighted by Gasteiger charge is 2.34. The number of halogens is 2. The highest BCUT2D eigenvalue weighted by molar-refractivity contribution is 9.10. The van der Waals surface area contributed by atoms with E-state index in [1.165, 1.54) is 10.5 Å². The number of hydrogen-bond acceptors (Lipinski definition) is 5. The normalized spacial score (nSPS) is 14.4. The van der Waals surface area contributed by atoms with Gasteiger partial charge in [0.15, 0.2) is 5.75 Å². The van der Waals surface area contributed by atoms with Crippen molar-refractivity contribution in [3.63, 3.8) is 0 Å². The lowest BCUT2D eigenvalue weighted by Crippen LogP contribution is -2.29. The van der Waals surface area contributed by atoms with Crippen molar-refractivity contribution < 1.29 is 14.3 Å². The number of aryl methyl sites for hydroxylation is 1. The maximum atomic E-state index is 12.8. The SMILES string of the molecule is N#Cc1ccccc1COc1c(Cl)cc(/C=C2/SC(=O)N(CCCc3ccccc3)C2=O)cc1Br. The summed E-state index contributed by atoms with van der Waals surface area (Å²) in [6, 6.07) is 22.8. The van der Waals surface area contributed by atoms with E-state index < -0.39 is 0 Å². The number of benzene rings is 3. The summed E-state index contributed by atoms with van der Waals surface area (Å²) >= 11 is 10.9. The molecule has 0 aliphatic carbocycles. The third kappa shape index (κ3) is 6.15. The quantitative estimate of drug-likeness (QED) is 0.269. The average molecular weight is 568 g/mol. The summed E-state index contributed by atoms with van der Waals surface area (Å²) < 4.78 is 6.48. The van der Waals surface area contributed by atoms with Crippen LogP contribution in [-0.2, 0) is 17.8 Å². The molecule has 0 unspecified atom stereocenters. The van der Waals surface area contributed by atoms with Gasteiger partial charge in [-0.15, -0.1) is 0 Å². The van der Waals surface area contributed by atoms with Gasteiger partial charge in [0.25, 0.3) is 11.1 Å². The second-order valence-electron chi connectivity index (χ2n) is 7.79. The molecule has 0 bridgehead atoms. The number of amides is 2. The van der Waals surface area contributed by atoms with Crippen molar-refractivity contribution in [1.82, 2.24) is 4.90 Å². The van der Waals surface area contributed by atoms with Crippen molar-refractivity contribution in [2.75, 3.05) is 6.54 Å². The summed E-state index contributed by atoms with van der Waals surface area (Å²) in [5, 5.41) is 9.33. The molecule has 4 rings (SSSR count). The standard InChI is InChI=1S/C27H20BrClN2O3S/c28-22-13-19(14-23(29)25(22)34-17-21-11-5-4-10-20(21)16-30)15-24-26(32)31(27(33)35-24)12-6-9-18-7-2-1-3-8-18/h1-5,7-8,10-11,13-15H,6,9,12,17H2/b24-15+. The monoisotopic (exact) mass is 566 g/mol. The maximum Gasteiger partial charge on any atom is 0.293 e. The largest absolute Gasteiger partial charge is 0.486 e. The van der Waals surface area contributed by atoms with Crippen LogP contribution in [0, 0.1) is 11.3 Å². The number of ether oxygens (including phenoxy) is 1. The molecule has 3 aromatic rings. The van der Waals surface area contributed by atoms with Gasteiger partial charge in [-0.2, -0.15) is 5.26 Å². The molecule has 35 heavy (non-hydrogen) atoms. The van der Waals surface area contributed by atoms with Gasteiger partial charge in [-0.05, 0) is 75.9 Å². The van der Waals surface area contributed by atoms with E-state index in [1.54, 1.807) is 30.3 Å². The molecule has 1 heterocycles. The Hall–Kier alpha value is -3.05. The molecular formula is C27H20BrClN2O3S.